The molecule has 0 saturated carbocycles. The number of methoxy groups -OCH3 is 2. The minimum absolute atomic E-state index is 0.116. The van der Waals surface area contributed by atoms with E-state index in [1.807, 2.05) is 95.9 Å². The first-order chi connectivity index (χ1) is 21.1. The number of carbonyl (C=O) groups excluding carboxylic acids is 1. The number of furan rings is 1. The molecule has 0 N–H and O–H groups in total. The zero-order valence-corrected chi connectivity index (χ0v) is 24.8. The Bertz CT molecular complexity index is 1570. The second-order valence-electron chi connectivity index (χ2n) is 10.5. The van der Waals surface area contributed by atoms with Crippen LogP contribution >= 0.6 is 0 Å². The molecule has 220 valence electrons. The van der Waals surface area contributed by atoms with E-state index in [0.717, 1.165) is 34.8 Å². The average molecular weight is 575 g/mol. The molecule has 0 radical (unpaired) electrons. The molecule has 0 unspecified atom stereocenters. The molecule has 0 bridgehead atoms. The summed E-state index contributed by atoms with van der Waals surface area (Å²) in [5.41, 5.74) is 4.47. The van der Waals surface area contributed by atoms with Crippen molar-refractivity contribution in [1.82, 2.24) is 9.80 Å². The van der Waals surface area contributed by atoms with Gasteiger partial charge < -0.3 is 18.8 Å². The highest BCUT2D eigenvalue weighted by Gasteiger charge is 2.21. The van der Waals surface area contributed by atoms with Gasteiger partial charge in [-0.15, -0.1) is 0 Å². The summed E-state index contributed by atoms with van der Waals surface area (Å²) in [6.45, 7) is 2.92. The Morgan fingerprint density at radius 1 is 0.651 bits per heavy atom. The number of carbonyl (C=O) groups is 1. The molecule has 6 heteroatoms. The number of amides is 1. The molecule has 0 saturated heterocycles. The van der Waals surface area contributed by atoms with Gasteiger partial charge >= 0.3 is 0 Å². The highest BCUT2D eigenvalue weighted by molar-refractivity contribution is 5.91. The molecule has 0 aliphatic rings. The average Bonchev–Trinajstić information content (AvgIpc) is 3.52. The van der Waals surface area contributed by atoms with Crippen molar-refractivity contribution in [2.24, 2.45) is 0 Å². The van der Waals surface area contributed by atoms with Crippen LogP contribution in [0.5, 0.6) is 11.5 Å². The molecule has 0 fully saturated rings. The van der Waals surface area contributed by atoms with Crippen molar-refractivity contribution < 1.29 is 18.7 Å². The van der Waals surface area contributed by atoms with Crippen molar-refractivity contribution in [2.45, 2.75) is 32.6 Å². The van der Waals surface area contributed by atoms with E-state index in [2.05, 4.69) is 29.2 Å². The van der Waals surface area contributed by atoms with Gasteiger partial charge in [-0.05, 0) is 53.4 Å². The first-order valence-corrected chi connectivity index (χ1v) is 14.5. The Hall–Kier alpha value is -4.81. The van der Waals surface area contributed by atoms with Gasteiger partial charge in [-0.1, -0.05) is 91.0 Å². The SMILES string of the molecule is COc1ccc(OC)c(CN(Cc2ccccc2)Cc2ccc(C(=O)N(CCc3ccccc3)Cc3ccccc3)o2)c1. The van der Waals surface area contributed by atoms with Crippen LogP contribution in [0.1, 0.15) is 38.6 Å². The molecule has 0 aliphatic heterocycles. The van der Waals surface area contributed by atoms with Crippen molar-refractivity contribution in [3.05, 3.63) is 155 Å². The van der Waals surface area contributed by atoms with Crippen LogP contribution in [0, 0.1) is 0 Å². The monoisotopic (exact) mass is 574 g/mol. The largest absolute Gasteiger partial charge is 0.497 e. The summed E-state index contributed by atoms with van der Waals surface area (Å²) in [5.74, 6) is 2.52. The van der Waals surface area contributed by atoms with Gasteiger partial charge in [0.2, 0.25) is 0 Å². The number of nitrogens with zero attached hydrogens (tertiary/aromatic N) is 2. The summed E-state index contributed by atoms with van der Waals surface area (Å²) in [5, 5.41) is 0. The van der Waals surface area contributed by atoms with Crippen molar-refractivity contribution in [3.63, 3.8) is 0 Å². The maximum Gasteiger partial charge on any atom is 0.289 e. The van der Waals surface area contributed by atoms with E-state index in [4.69, 9.17) is 13.9 Å². The predicted octanol–water partition coefficient (Wildman–Crippen LogP) is 7.38. The van der Waals surface area contributed by atoms with Gasteiger partial charge in [-0.3, -0.25) is 9.69 Å². The molecule has 1 heterocycles. The Morgan fingerprint density at radius 2 is 1.28 bits per heavy atom. The maximum atomic E-state index is 13.8. The van der Waals surface area contributed by atoms with E-state index in [1.165, 1.54) is 11.1 Å². The van der Waals surface area contributed by atoms with Gasteiger partial charge in [0.15, 0.2) is 5.76 Å². The number of benzene rings is 4. The Kier molecular flexibility index (Phi) is 10.3. The number of hydrogen-bond acceptors (Lipinski definition) is 5. The van der Waals surface area contributed by atoms with Gasteiger partial charge in [0.05, 0.1) is 20.8 Å². The van der Waals surface area contributed by atoms with E-state index in [0.29, 0.717) is 38.5 Å². The first-order valence-electron chi connectivity index (χ1n) is 14.5. The van der Waals surface area contributed by atoms with Crippen LogP contribution in [0.4, 0.5) is 0 Å². The highest BCUT2D eigenvalue weighted by atomic mass is 16.5. The fraction of sp³-hybridized carbons (Fsp3) is 0.216. The molecule has 4 aromatic carbocycles. The molecule has 1 aromatic heterocycles. The van der Waals surface area contributed by atoms with Gasteiger partial charge in [-0.2, -0.15) is 0 Å². The van der Waals surface area contributed by atoms with Crippen LogP contribution in [-0.4, -0.2) is 36.5 Å². The van der Waals surface area contributed by atoms with Gasteiger partial charge in [0.25, 0.3) is 5.91 Å². The quantitative estimate of drug-likeness (QED) is 0.138. The van der Waals surface area contributed by atoms with E-state index < -0.39 is 0 Å². The summed E-state index contributed by atoms with van der Waals surface area (Å²) in [4.78, 5) is 17.9. The Morgan fingerprint density at radius 3 is 1.91 bits per heavy atom. The van der Waals surface area contributed by atoms with Crippen LogP contribution in [0.2, 0.25) is 0 Å². The molecule has 0 atom stereocenters. The lowest BCUT2D eigenvalue weighted by molar-refractivity contribution is 0.0708. The van der Waals surface area contributed by atoms with E-state index >= 15 is 0 Å². The Labute approximate surface area is 254 Å². The van der Waals surface area contributed by atoms with Gasteiger partial charge in [-0.25, -0.2) is 0 Å². The smallest absolute Gasteiger partial charge is 0.289 e. The summed E-state index contributed by atoms with van der Waals surface area (Å²) >= 11 is 0. The fourth-order valence-corrected chi connectivity index (χ4v) is 5.17. The third kappa shape index (κ3) is 8.37. The number of hydrogen-bond donors (Lipinski definition) is 0. The van der Waals surface area contributed by atoms with Crippen molar-refractivity contribution >= 4 is 5.91 Å². The zero-order valence-electron chi connectivity index (χ0n) is 24.8. The minimum atomic E-state index is -0.116. The minimum Gasteiger partial charge on any atom is -0.497 e. The molecule has 0 spiro atoms. The third-order valence-corrected chi connectivity index (χ3v) is 7.40. The summed E-state index contributed by atoms with van der Waals surface area (Å²) in [7, 11) is 3.34. The number of ether oxygens (including phenoxy) is 2. The summed E-state index contributed by atoms with van der Waals surface area (Å²) in [6, 6.07) is 40.2. The molecule has 43 heavy (non-hydrogen) atoms. The van der Waals surface area contributed by atoms with Gasteiger partial charge in [0.1, 0.15) is 17.3 Å². The van der Waals surface area contributed by atoms with Crippen LogP contribution in [0.25, 0.3) is 0 Å². The zero-order chi connectivity index (χ0) is 29.9. The predicted molar refractivity (Wildman–Crippen MR) is 169 cm³/mol. The molecule has 5 aromatic rings. The van der Waals surface area contributed by atoms with Crippen LogP contribution in [-0.2, 0) is 32.6 Å². The Balaban J connectivity index is 1.35. The molecule has 0 aliphatic carbocycles. The molecular weight excluding hydrogens is 536 g/mol. The third-order valence-electron chi connectivity index (χ3n) is 7.40. The van der Waals surface area contributed by atoms with Gasteiger partial charge in [0, 0.05) is 31.7 Å². The van der Waals surface area contributed by atoms with Crippen molar-refractivity contribution in [1.29, 1.82) is 0 Å². The number of rotatable bonds is 14. The van der Waals surface area contributed by atoms with Crippen LogP contribution in [0.15, 0.2) is 126 Å². The summed E-state index contributed by atoms with van der Waals surface area (Å²) < 4.78 is 17.4. The van der Waals surface area contributed by atoms with Crippen molar-refractivity contribution in [2.75, 3.05) is 20.8 Å². The highest BCUT2D eigenvalue weighted by Crippen LogP contribution is 2.27. The standard InChI is InChI=1S/C37H38N2O4/c1-41-33-18-20-35(42-2)32(24-33)27-38(25-30-14-8-4-9-15-30)28-34-19-21-36(43-34)37(40)39(26-31-16-10-5-11-17-31)23-22-29-12-6-3-7-13-29/h3-21,24H,22-23,25-28H2,1-2H3. The van der Waals surface area contributed by atoms with Crippen molar-refractivity contribution in [3.8, 4) is 11.5 Å². The fourth-order valence-electron chi connectivity index (χ4n) is 5.17. The molecule has 6 nitrogen and oxygen atoms in total. The second kappa shape index (κ2) is 14.9. The lowest BCUT2D eigenvalue weighted by Gasteiger charge is -2.23. The molecule has 1 amide bonds. The van der Waals surface area contributed by atoms with E-state index in [1.54, 1.807) is 20.3 Å². The normalized spacial score (nSPS) is 11.0. The maximum absolute atomic E-state index is 13.8. The first kappa shape index (κ1) is 29.7. The van der Waals surface area contributed by atoms with E-state index in [-0.39, 0.29) is 5.91 Å². The molecular formula is C37H38N2O4. The second-order valence-corrected chi connectivity index (χ2v) is 10.5. The lowest BCUT2D eigenvalue weighted by Crippen LogP contribution is -2.32. The lowest BCUT2D eigenvalue weighted by atomic mass is 10.1. The van der Waals surface area contributed by atoms with Crippen LogP contribution < -0.4 is 9.47 Å². The topological polar surface area (TPSA) is 55.2 Å². The molecule has 5 rings (SSSR count). The summed E-state index contributed by atoms with van der Waals surface area (Å²) in [6.07, 6.45) is 0.764. The van der Waals surface area contributed by atoms with E-state index in [9.17, 15) is 4.79 Å². The van der Waals surface area contributed by atoms with Crippen LogP contribution in [0.3, 0.4) is 0 Å².